The Morgan fingerprint density at radius 3 is 3.04 bits per heavy atom. The number of imidazole rings is 1. The molecule has 25 heavy (non-hydrogen) atoms. The van der Waals surface area contributed by atoms with E-state index in [1.807, 2.05) is 9.80 Å². The molecular formula is C18H28N4O3. The molecule has 7 heteroatoms. The third kappa shape index (κ3) is 4.39. The van der Waals surface area contributed by atoms with Crippen LogP contribution in [-0.2, 0) is 20.7 Å². The number of carbonyl (C=O) groups is 2. The molecule has 1 unspecified atom stereocenters. The van der Waals surface area contributed by atoms with Gasteiger partial charge in [0.2, 0.25) is 11.8 Å². The zero-order valence-corrected chi connectivity index (χ0v) is 15.0. The molecule has 2 fully saturated rings. The lowest BCUT2D eigenvalue weighted by Crippen LogP contribution is -2.55. The van der Waals surface area contributed by atoms with Gasteiger partial charge in [-0.25, -0.2) is 4.98 Å². The topological polar surface area (TPSA) is 78.5 Å². The van der Waals surface area contributed by atoms with E-state index in [1.54, 1.807) is 19.6 Å². The fourth-order valence-corrected chi connectivity index (χ4v) is 4.08. The Kier molecular flexibility index (Phi) is 5.73. The Hall–Kier alpha value is -1.89. The van der Waals surface area contributed by atoms with Crippen LogP contribution in [0.3, 0.4) is 0 Å². The average Bonchev–Trinajstić information content (AvgIpc) is 3.14. The van der Waals surface area contributed by atoms with Gasteiger partial charge in [0.1, 0.15) is 0 Å². The summed E-state index contributed by atoms with van der Waals surface area (Å²) in [4.78, 5) is 35.8. The number of aromatic nitrogens is 2. The monoisotopic (exact) mass is 348 g/mol. The van der Waals surface area contributed by atoms with E-state index in [1.165, 1.54) is 0 Å². The number of nitrogens with one attached hydrogen (secondary N) is 1. The molecule has 1 atom stereocenters. The SMILES string of the molecule is COCCC(=O)N1CCCC2(CCC(=O)N(CCc3cnc[nH]3)C2)C1. The smallest absolute Gasteiger partial charge is 0.224 e. The lowest BCUT2D eigenvalue weighted by molar-refractivity contribution is -0.143. The Labute approximate surface area is 148 Å². The molecule has 7 nitrogen and oxygen atoms in total. The molecule has 2 saturated heterocycles. The van der Waals surface area contributed by atoms with Gasteiger partial charge in [-0.2, -0.15) is 0 Å². The maximum Gasteiger partial charge on any atom is 0.224 e. The molecule has 3 rings (SSSR count). The van der Waals surface area contributed by atoms with Crippen molar-refractivity contribution in [3.05, 3.63) is 18.2 Å². The highest BCUT2D eigenvalue weighted by Crippen LogP contribution is 2.39. The highest BCUT2D eigenvalue weighted by molar-refractivity contribution is 5.78. The van der Waals surface area contributed by atoms with Crippen molar-refractivity contribution in [1.82, 2.24) is 19.8 Å². The van der Waals surface area contributed by atoms with Crippen molar-refractivity contribution in [2.24, 2.45) is 5.41 Å². The van der Waals surface area contributed by atoms with Gasteiger partial charge in [-0.15, -0.1) is 0 Å². The van der Waals surface area contributed by atoms with Crippen LogP contribution in [0.4, 0.5) is 0 Å². The molecule has 1 aromatic heterocycles. The second kappa shape index (κ2) is 7.99. The van der Waals surface area contributed by atoms with E-state index in [2.05, 4.69) is 9.97 Å². The summed E-state index contributed by atoms with van der Waals surface area (Å²) in [5.74, 6) is 0.398. The summed E-state index contributed by atoms with van der Waals surface area (Å²) in [5.41, 5.74) is 1.11. The van der Waals surface area contributed by atoms with Gasteiger partial charge in [0.25, 0.3) is 0 Å². The van der Waals surface area contributed by atoms with Crippen LogP contribution in [0.2, 0.25) is 0 Å². The number of H-pyrrole nitrogens is 1. The number of nitrogens with zero attached hydrogens (tertiary/aromatic N) is 3. The lowest BCUT2D eigenvalue weighted by atomic mass is 9.73. The Balaban J connectivity index is 1.60. The van der Waals surface area contributed by atoms with Crippen LogP contribution >= 0.6 is 0 Å². The van der Waals surface area contributed by atoms with Crippen LogP contribution in [0.5, 0.6) is 0 Å². The van der Waals surface area contributed by atoms with Gasteiger partial charge in [0.15, 0.2) is 0 Å². The molecule has 2 aliphatic rings. The van der Waals surface area contributed by atoms with Crippen LogP contribution in [0.15, 0.2) is 12.5 Å². The van der Waals surface area contributed by atoms with E-state index in [0.29, 0.717) is 26.0 Å². The first-order chi connectivity index (χ1) is 12.1. The number of piperidine rings is 2. The summed E-state index contributed by atoms with van der Waals surface area (Å²) in [5, 5.41) is 0. The Morgan fingerprint density at radius 1 is 1.40 bits per heavy atom. The van der Waals surface area contributed by atoms with Crippen molar-refractivity contribution < 1.29 is 14.3 Å². The molecule has 0 aliphatic carbocycles. The Morgan fingerprint density at radius 2 is 2.28 bits per heavy atom. The first-order valence-corrected chi connectivity index (χ1v) is 9.14. The number of hydrogen-bond acceptors (Lipinski definition) is 4. The largest absolute Gasteiger partial charge is 0.384 e. The zero-order chi connectivity index (χ0) is 17.7. The van der Waals surface area contributed by atoms with E-state index in [4.69, 9.17) is 4.74 Å². The highest BCUT2D eigenvalue weighted by atomic mass is 16.5. The van der Waals surface area contributed by atoms with Gasteiger partial charge in [0.05, 0.1) is 19.4 Å². The summed E-state index contributed by atoms with van der Waals surface area (Å²) in [6.07, 6.45) is 8.29. The number of methoxy groups -OCH3 is 1. The number of ether oxygens (including phenoxy) is 1. The summed E-state index contributed by atoms with van der Waals surface area (Å²) < 4.78 is 5.03. The number of amides is 2. The van der Waals surface area contributed by atoms with Crippen LogP contribution in [0.1, 0.15) is 37.8 Å². The summed E-state index contributed by atoms with van der Waals surface area (Å²) in [6, 6.07) is 0. The second-order valence-electron chi connectivity index (χ2n) is 7.30. The molecule has 1 N–H and O–H groups in total. The van der Waals surface area contributed by atoms with Gasteiger partial charge in [0, 0.05) is 63.4 Å². The van der Waals surface area contributed by atoms with Crippen LogP contribution in [0, 0.1) is 5.41 Å². The first kappa shape index (κ1) is 17.9. The predicted molar refractivity (Wildman–Crippen MR) is 92.8 cm³/mol. The molecule has 0 aromatic carbocycles. The minimum Gasteiger partial charge on any atom is -0.384 e. The summed E-state index contributed by atoms with van der Waals surface area (Å²) >= 11 is 0. The first-order valence-electron chi connectivity index (χ1n) is 9.14. The molecule has 2 amide bonds. The van der Waals surface area contributed by atoms with Gasteiger partial charge >= 0.3 is 0 Å². The number of likely N-dealkylation sites (tertiary alicyclic amines) is 2. The third-order valence-electron chi connectivity index (χ3n) is 5.49. The summed E-state index contributed by atoms with van der Waals surface area (Å²) in [7, 11) is 1.62. The van der Waals surface area contributed by atoms with Gasteiger partial charge in [-0.1, -0.05) is 0 Å². The number of rotatable bonds is 6. The lowest BCUT2D eigenvalue weighted by Gasteiger charge is -2.48. The van der Waals surface area contributed by atoms with Gasteiger partial charge in [-0.3, -0.25) is 9.59 Å². The maximum absolute atomic E-state index is 12.4. The Bertz CT molecular complexity index is 589. The van der Waals surface area contributed by atoms with Crippen LogP contribution in [0.25, 0.3) is 0 Å². The molecule has 2 aliphatic heterocycles. The number of hydrogen-bond donors (Lipinski definition) is 1. The van der Waals surface area contributed by atoms with Crippen molar-refractivity contribution in [2.45, 2.75) is 38.5 Å². The van der Waals surface area contributed by atoms with E-state index < -0.39 is 0 Å². The maximum atomic E-state index is 12.4. The van der Waals surface area contributed by atoms with Crippen molar-refractivity contribution in [3.63, 3.8) is 0 Å². The predicted octanol–water partition coefficient (Wildman–Crippen LogP) is 1.22. The molecule has 3 heterocycles. The average molecular weight is 348 g/mol. The van der Waals surface area contributed by atoms with Crippen molar-refractivity contribution in [2.75, 3.05) is 39.9 Å². The molecule has 1 aromatic rings. The molecule has 1 spiro atoms. The van der Waals surface area contributed by atoms with E-state index >= 15 is 0 Å². The molecule has 138 valence electrons. The summed E-state index contributed by atoms with van der Waals surface area (Å²) in [6.45, 7) is 3.53. The minimum absolute atomic E-state index is 0.0584. The van der Waals surface area contributed by atoms with Crippen LogP contribution < -0.4 is 0 Å². The fraction of sp³-hybridized carbons (Fsp3) is 0.722. The zero-order valence-electron chi connectivity index (χ0n) is 15.0. The van der Waals surface area contributed by atoms with Gasteiger partial charge in [-0.05, 0) is 19.3 Å². The van der Waals surface area contributed by atoms with Crippen molar-refractivity contribution >= 4 is 11.8 Å². The van der Waals surface area contributed by atoms with E-state index in [0.717, 1.165) is 51.0 Å². The molecule has 0 saturated carbocycles. The van der Waals surface area contributed by atoms with Crippen molar-refractivity contribution in [1.29, 1.82) is 0 Å². The van der Waals surface area contributed by atoms with Crippen LogP contribution in [-0.4, -0.2) is 71.5 Å². The molecular weight excluding hydrogens is 320 g/mol. The standard InChI is InChI=1S/C18H28N4O3/c1-25-10-5-17(24)21-8-2-6-18(12-21)7-3-16(23)22(13-18)9-4-15-11-19-14-20-15/h11,14H,2-10,12-13H2,1H3,(H,19,20). The minimum atomic E-state index is 0.0584. The molecule has 0 radical (unpaired) electrons. The quantitative estimate of drug-likeness (QED) is 0.838. The van der Waals surface area contributed by atoms with Crippen molar-refractivity contribution in [3.8, 4) is 0 Å². The second-order valence-corrected chi connectivity index (χ2v) is 7.30. The van der Waals surface area contributed by atoms with Gasteiger partial charge < -0.3 is 19.5 Å². The fourth-order valence-electron chi connectivity index (χ4n) is 4.08. The highest BCUT2D eigenvalue weighted by Gasteiger charge is 2.42. The van der Waals surface area contributed by atoms with E-state index in [-0.39, 0.29) is 17.2 Å². The number of aromatic amines is 1. The molecule has 0 bridgehead atoms. The third-order valence-corrected chi connectivity index (χ3v) is 5.49. The number of carbonyl (C=O) groups excluding carboxylic acids is 2. The normalized spacial score (nSPS) is 24.1. The van der Waals surface area contributed by atoms with E-state index in [9.17, 15) is 9.59 Å².